The SMILES string of the molecule is CCNC(=O)CCOCCOCCOCCOCCNC(=O)C(C)C. The molecule has 2 N–H and O–H groups in total. The van der Waals surface area contributed by atoms with Gasteiger partial charge in [-0.3, -0.25) is 9.59 Å². The van der Waals surface area contributed by atoms with Crippen LogP contribution < -0.4 is 10.6 Å². The molecule has 25 heavy (non-hydrogen) atoms. The number of hydrogen-bond acceptors (Lipinski definition) is 6. The molecule has 0 aromatic heterocycles. The molecule has 0 rings (SSSR count). The summed E-state index contributed by atoms with van der Waals surface area (Å²) in [6.45, 7) is 10.5. The first-order valence-corrected chi connectivity index (χ1v) is 8.93. The topological polar surface area (TPSA) is 95.1 Å². The van der Waals surface area contributed by atoms with E-state index in [0.29, 0.717) is 72.4 Å². The number of amides is 2. The summed E-state index contributed by atoms with van der Waals surface area (Å²) in [6.07, 6.45) is 0.373. The Hall–Kier alpha value is -1.22. The van der Waals surface area contributed by atoms with Crippen LogP contribution in [-0.2, 0) is 28.5 Å². The number of nitrogens with one attached hydrogen (secondary N) is 2. The average molecular weight is 362 g/mol. The molecule has 0 heterocycles. The molecule has 0 aromatic rings. The maximum absolute atomic E-state index is 11.3. The van der Waals surface area contributed by atoms with Gasteiger partial charge in [0.1, 0.15) is 0 Å². The summed E-state index contributed by atoms with van der Waals surface area (Å²) in [5.41, 5.74) is 0. The van der Waals surface area contributed by atoms with Crippen molar-refractivity contribution in [1.82, 2.24) is 10.6 Å². The molecule has 8 heteroatoms. The molecule has 0 fully saturated rings. The summed E-state index contributed by atoms with van der Waals surface area (Å²) in [5, 5.41) is 5.48. The van der Waals surface area contributed by atoms with E-state index in [2.05, 4.69) is 10.6 Å². The molecule has 0 aliphatic carbocycles. The normalized spacial score (nSPS) is 10.9. The Bertz CT molecular complexity index is 339. The summed E-state index contributed by atoms with van der Waals surface area (Å²) < 4.78 is 21.3. The molecule has 0 aliphatic heterocycles. The van der Waals surface area contributed by atoms with Gasteiger partial charge in [0.15, 0.2) is 0 Å². The zero-order valence-corrected chi connectivity index (χ0v) is 15.8. The molecule has 0 aromatic carbocycles. The van der Waals surface area contributed by atoms with Gasteiger partial charge in [0.2, 0.25) is 11.8 Å². The molecule has 0 spiro atoms. The Morgan fingerprint density at radius 1 is 0.760 bits per heavy atom. The monoisotopic (exact) mass is 362 g/mol. The van der Waals surface area contributed by atoms with Crippen LogP contribution in [0.3, 0.4) is 0 Å². The first-order valence-electron chi connectivity index (χ1n) is 8.93. The van der Waals surface area contributed by atoms with E-state index in [-0.39, 0.29) is 17.7 Å². The zero-order chi connectivity index (χ0) is 18.8. The minimum Gasteiger partial charge on any atom is -0.379 e. The Labute approximate surface area is 150 Å². The minimum absolute atomic E-state index is 0.00124. The van der Waals surface area contributed by atoms with E-state index < -0.39 is 0 Å². The second kappa shape index (κ2) is 17.6. The van der Waals surface area contributed by atoms with Crippen molar-refractivity contribution >= 4 is 11.8 Å². The van der Waals surface area contributed by atoms with Crippen LogP contribution in [0.4, 0.5) is 0 Å². The lowest BCUT2D eigenvalue weighted by Gasteiger charge is -2.09. The van der Waals surface area contributed by atoms with Gasteiger partial charge in [-0.25, -0.2) is 0 Å². The summed E-state index contributed by atoms with van der Waals surface area (Å²) in [6, 6.07) is 0. The highest BCUT2D eigenvalue weighted by atomic mass is 16.6. The Balaban J connectivity index is 3.12. The molecule has 0 saturated heterocycles. The lowest BCUT2D eigenvalue weighted by atomic mass is 10.2. The smallest absolute Gasteiger partial charge is 0.222 e. The van der Waals surface area contributed by atoms with Gasteiger partial charge in [0.05, 0.1) is 52.9 Å². The summed E-state index contributed by atoms with van der Waals surface area (Å²) >= 11 is 0. The van der Waals surface area contributed by atoms with Gasteiger partial charge in [-0.05, 0) is 6.92 Å². The highest BCUT2D eigenvalue weighted by Crippen LogP contribution is 1.89. The van der Waals surface area contributed by atoms with Crippen molar-refractivity contribution in [2.24, 2.45) is 5.92 Å². The molecule has 8 nitrogen and oxygen atoms in total. The number of carbonyl (C=O) groups is 2. The molecule has 0 saturated carbocycles. The van der Waals surface area contributed by atoms with Gasteiger partial charge in [-0.2, -0.15) is 0 Å². The fourth-order valence-corrected chi connectivity index (χ4v) is 1.66. The highest BCUT2D eigenvalue weighted by molar-refractivity contribution is 5.77. The average Bonchev–Trinajstić information content (AvgIpc) is 2.58. The molecule has 0 aliphatic rings. The molecular formula is C17H34N2O6. The van der Waals surface area contributed by atoms with Crippen LogP contribution in [0.15, 0.2) is 0 Å². The predicted octanol–water partition coefficient (Wildman–Crippen LogP) is 0.351. The number of hydrogen-bond donors (Lipinski definition) is 2. The maximum atomic E-state index is 11.3. The molecule has 0 unspecified atom stereocenters. The van der Waals surface area contributed by atoms with Crippen LogP contribution >= 0.6 is 0 Å². The molecular weight excluding hydrogens is 328 g/mol. The molecule has 0 atom stereocenters. The van der Waals surface area contributed by atoms with Crippen LogP contribution in [0, 0.1) is 5.92 Å². The minimum atomic E-state index is -0.00529. The molecule has 2 amide bonds. The summed E-state index contributed by atoms with van der Waals surface area (Å²) in [4.78, 5) is 22.4. The Morgan fingerprint density at radius 2 is 1.24 bits per heavy atom. The van der Waals surface area contributed by atoms with Gasteiger partial charge in [-0.15, -0.1) is 0 Å². The van der Waals surface area contributed by atoms with Gasteiger partial charge >= 0.3 is 0 Å². The van der Waals surface area contributed by atoms with Crippen LogP contribution in [0.1, 0.15) is 27.2 Å². The van der Waals surface area contributed by atoms with Crippen molar-refractivity contribution in [3.8, 4) is 0 Å². The second-order valence-corrected chi connectivity index (χ2v) is 5.60. The van der Waals surface area contributed by atoms with Crippen LogP contribution in [0.5, 0.6) is 0 Å². The molecule has 148 valence electrons. The highest BCUT2D eigenvalue weighted by Gasteiger charge is 2.04. The Kier molecular flexibility index (Phi) is 16.7. The van der Waals surface area contributed by atoms with E-state index in [1.807, 2.05) is 20.8 Å². The fraction of sp³-hybridized carbons (Fsp3) is 0.882. The van der Waals surface area contributed by atoms with Crippen LogP contribution in [-0.4, -0.2) is 77.8 Å². The van der Waals surface area contributed by atoms with Crippen LogP contribution in [0.2, 0.25) is 0 Å². The largest absolute Gasteiger partial charge is 0.379 e. The third-order valence-electron chi connectivity index (χ3n) is 3.03. The van der Waals surface area contributed by atoms with Crippen molar-refractivity contribution in [2.45, 2.75) is 27.2 Å². The van der Waals surface area contributed by atoms with Crippen molar-refractivity contribution in [3.63, 3.8) is 0 Å². The summed E-state index contributed by atoms with van der Waals surface area (Å²) in [7, 11) is 0. The van der Waals surface area contributed by atoms with E-state index in [1.165, 1.54) is 0 Å². The van der Waals surface area contributed by atoms with Crippen molar-refractivity contribution in [3.05, 3.63) is 0 Å². The third kappa shape index (κ3) is 17.4. The van der Waals surface area contributed by atoms with Gasteiger partial charge in [0.25, 0.3) is 0 Å². The van der Waals surface area contributed by atoms with E-state index in [4.69, 9.17) is 18.9 Å². The van der Waals surface area contributed by atoms with Crippen LogP contribution in [0.25, 0.3) is 0 Å². The maximum Gasteiger partial charge on any atom is 0.222 e. The van der Waals surface area contributed by atoms with Gasteiger partial charge in [-0.1, -0.05) is 13.8 Å². The fourth-order valence-electron chi connectivity index (χ4n) is 1.66. The Morgan fingerprint density at radius 3 is 1.72 bits per heavy atom. The lowest BCUT2D eigenvalue weighted by molar-refractivity contribution is -0.124. The molecule has 0 radical (unpaired) electrons. The zero-order valence-electron chi connectivity index (χ0n) is 15.8. The first-order chi connectivity index (χ1) is 12.1. The van der Waals surface area contributed by atoms with Crippen molar-refractivity contribution in [1.29, 1.82) is 0 Å². The number of carbonyl (C=O) groups excluding carboxylic acids is 2. The quantitative estimate of drug-likeness (QED) is 0.363. The van der Waals surface area contributed by atoms with E-state index >= 15 is 0 Å². The van der Waals surface area contributed by atoms with Gasteiger partial charge < -0.3 is 29.6 Å². The standard InChI is InChI=1S/C17H34N2O6/c1-4-18-16(20)5-7-22-9-11-24-13-14-25-12-10-23-8-6-19-17(21)15(2)3/h15H,4-14H2,1-3H3,(H,18,20)(H,19,21). The van der Waals surface area contributed by atoms with E-state index in [9.17, 15) is 9.59 Å². The lowest BCUT2D eigenvalue weighted by Crippen LogP contribution is -2.31. The first kappa shape index (κ1) is 23.8. The molecule has 0 bridgehead atoms. The number of rotatable bonds is 17. The van der Waals surface area contributed by atoms with E-state index in [0.717, 1.165) is 0 Å². The van der Waals surface area contributed by atoms with E-state index in [1.54, 1.807) is 0 Å². The third-order valence-corrected chi connectivity index (χ3v) is 3.03. The van der Waals surface area contributed by atoms with Gasteiger partial charge in [0, 0.05) is 25.4 Å². The number of ether oxygens (including phenoxy) is 4. The van der Waals surface area contributed by atoms with Crippen molar-refractivity contribution < 1.29 is 28.5 Å². The summed E-state index contributed by atoms with van der Waals surface area (Å²) in [5.74, 6) is 0.0286. The van der Waals surface area contributed by atoms with Crippen molar-refractivity contribution in [2.75, 3.05) is 65.9 Å². The second-order valence-electron chi connectivity index (χ2n) is 5.60. The predicted molar refractivity (Wildman–Crippen MR) is 94.4 cm³/mol.